The Morgan fingerprint density at radius 2 is 1.21 bits per heavy atom. The number of hydrogen-bond donors (Lipinski definition) is 0. The number of aryl methyl sites for hydroxylation is 1. The van der Waals surface area contributed by atoms with E-state index >= 15 is 0 Å². The van der Waals surface area contributed by atoms with Crippen molar-refractivity contribution < 1.29 is 0 Å². The third-order valence-corrected chi connectivity index (χ3v) is 2.22. The molecule has 0 fully saturated rings. The van der Waals surface area contributed by atoms with Crippen LogP contribution in [-0.4, -0.2) is 24.5 Å². The molecule has 68 valence electrons. The molecule has 3 aromatic heterocycles. The molecule has 5 nitrogen and oxygen atoms in total. The van der Waals surface area contributed by atoms with Gasteiger partial charge in [0.25, 0.3) is 0 Å². The summed E-state index contributed by atoms with van der Waals surface area (Å²) in [5.74, 6) is 0. The fourth-order valence-electron chi connectivity index (χ4n) is 1.59. The van der Waals surface area contributed by atoms with Crippen molar-refractivity contribution in [2.75, 3.05) is 0 Å². The minimum atomic E-state index is 0.804. The lowest BCUT2D eigenvalue weighted by Crippen LogP contribution is -1.90. The van der Waals surface area contributed by atoms with Gasteiger partial charge in [0.05, 0.1) is 0 Å². The predicted octanol–water partition coefficient (Wildman–Crippen LogP) is 0.911. The van der Waals surface area contributed by atoms with Crippen molar-refractivity contribution in [3.63, 3.8) is 0 Å². The van der Waals surface area contributed by atoms with Crippen molar-refractivity contribution in [3.8, 4) is 0 Å². The van der Waals surface area contributed by atoms with Gasteiger partial charge in [-0.15, -0.1) is 0 Å². The Morgan fingerprint density at radius 3 is 1.71 bits per heavy atom. The average molecular weight is 185 g/mol. The van der Waals surface area contributed by atoms with Crippen molar-refractivity contribution >= 4 is 22.3 Å². The summed E-state index contributed by atoms with van der Waals surface area (Å²) in [4.78, 5) is 17.0. The van der Waals surface area contributed by atoms with Crippen LogP contribution < -0.4 is 0 Å². The zero-order valence-corrected chi connectivity index (χ0v) is 7.55. The minimum Gasteiger partial charge on any atom is -0.310 e. The van der Waals surface area contributed by atoms with Crippen LogP contribution in [0.15, 0.2) is 24.8 Å². The smallest absolute Gasteiger partial charge is 0.162 e. The van der Waals surface area contributed by atoms with Crippen molar-refractivity contribution in [1.82, 2.24) is 24.5 Å². The maximum atomic E-state index is 4.24. The number of aromatic nitrogens is 5. The van der Waals surface area contributed by atoms with Crippen LogP contribution in [-0.2, 0) is 7.05 Å². The lowest BCUT2D eigenvalue weighted by molar-refractivity contribution is 0.962. The van der Waals surface area contributed by atoms with E-state index in [0.29, 0.717) is 0 Å². The third-order valence-electron chi connectivity index (χ3n) is 2.22. The standard InChI is InChI=1S/C9H7N5/c1-14-8-6(10-2-4-12-8)7-9(14)13-5-3-11-7/h2-5H,1H3. The van der Waals surface area contributed by atoms with Gasteiger partial charge in [0.2, 0.25) is 0 Å². The molecule has 0 aliphatic heterocycles. The molecule has 0 aliphatic rings. The van der Waals surface area contributed by atoms with E-state index in [1.165, 1.54) is 0 Å². The topological polar surface area (TPSA) is 56.5 Å². The maximum Gasteiger partial charge on any atom is 0.162 e. The van der Waals surface area contributed by atoms with E-state index in [1.54, 1.807) is 24.8 Å². The number of rotatable bonds is 0. The molecule has 3 aromatic rings. The van der Waals surface area contributed by atoms with Gasteiger partial charge in [-0.1, -0.05) is 0 Å². The van der Waals surface area contributed by atoms with Gasteiger partial charge in [-0.2, -0.15) is 0 Å². The third kappa shape index (κ3) is 0.783. The van der Waals surface area contributed by atoms with Crippen LogP contribution in [0.25, 0.3) is 22.3 Å². The molecule has 3 rings (SSSR count). The Kier molecular flexibility index (Phi) is 1.30. The molecule has 14 heavy (non-hydrogen) atoms. The second-order valence-corrected chi connectivity index (χ2v) is 3.02. The number of fused-ring (bicyclic) bond motifs is 3. The van der Waals surface area contributed by atoms with Crippen molar-refractivity contribution in [1.29, 1.82) is 0 Å². The fourth-order valence-corrected chi connectivity index (χ4v) is 1.59. The van der Waals surface area contributed by atoms with Crippen LogP contribution in [0, 0.1) is 0 Å². The van der Waals surface area contributed by atoms with Gasteiger partial charge in [-0.25, -0.2) is 19.9 Å². The fraction of sp³-hybridized carbons (Fsp3) is 0.111. The maximum absolute atomic E-state index is 4.24. The zero-order valence-electron chi connectivity index (χ0n) is 7.55. The molecule has 0 radical (unpaired) electrons. The highest BCUT2D eigenvalue weighted by molar-refractivity contribution is 5.99. The zero-order chi connectivity index (χ0) is 9.54. The van der Waals surface area contributed by atoms with Crippen LogP contribution in [0.2, 0.25) is 0 Å². The first-order chi connectivity index (χ1) is 6.88. The molecule has 0 atom stereocenters. The molecule has 0 spiro atoms. The van der Waals surface area contributed by atoms with Crippen LogP contribution in [0.1, 0.15) is 0 Å². The van der Waals surface area contributed by atoms with Crippen molar-refractivity contribution in [3.05, 3.63) is 24.8 Å². The van der Waals surface area contributed by atoms with E-state index in [0.717, 1.165) is 22.3 Å². The summed E-state index contributed by atoms with van der Waals surface area (Å²) in [6, 6.07) is 0. The first-order valence-electron chi connectivity index (χ1n) is 4.24. The largest absolute Gasteiger partial charge is 0.310 e. The highest BCUT2D eigenvalue weighted by atomic mass is 15.1. The molecule has 0 aromatic carbocycles. The van der Waals surface area contributed by atoms with Gasteiger partial charge in [0.15, 0.2) is 11.3 Å². The van der Waals surface area contributed by atoms with Crippen LogP contribution in [0.3, 0.4) is 0 Å². The molecular weight excluding hydrogens is 178 g/mol. The second kappa shape index (κ2) is 2.47. The molecule has 0 amide bonds. The van der Waals surface area contributed by atoms with Gasteiger partial charge in [0.1, 0.15) is 11.0 Å². The summed E-state index contributed by atoms with van der Waals surface area (Å²) < 4.78 is 1.89. The van der Waals surface area contributed by atoms with E-state index in [1.807, 2.05) is 11.6 Å². The van der Waals surface area contributed by atoms with Crippen LogP contribution >= 0.6 is 0 Å². The lowest BCUT2D eigenvalue weighted by atomic mass is 10.4. The molecule has 0 saturated carbocycles. The molecule has 0 saturated heterocycles. The van der Waals surface area contributed by atoms with E-state index in [9.17, 15) is 0 Å². The molecule has 5 heteroatoms. The number of nitrogens with zero attached hydrogens (tertiary/aromatic N) is 5. The van der Waals surface area contributed by atoms with Gasteiger partial charge in [-0.3, -0.25) is 0 Å². The first kappa shape index (κ1) is 7.37. The van der Waals surface area contributed by atoms with E-state index in [2.05, 4.69) is 19.9 Å². The van der Waals surface area contributed by atoms with Gasteiger partial charge in [-0.05, 0) is 0 Å². The lowest BCUT2D eigenvalue weighted by Gasteiger charge is -1.92. The SMILES string of the molecule is Cn1c2nccnc2c2nccnc21. The summed E-state index contributed by atoms with van der Waals surface area (Å²) in [6.45, 7) is 0. The van der Waals surface area contributed by atoms with Crippen LogP contribution in [0.5, 0.6) is 0 Å². The summed E-state index contributed by atoms with van der Waals surface area (Å²) >= 11 is 0. The Labute approximate surface area is 79.5 Å². The Hall–Kier alpha value is -2.04. The highest BCUT2D eigenvalue weighted by Crippen LogP contribution is 2.19. The Morgan fingerprint density at radius 1 is 0.786 bits per heavy atom. The van der Waals surface area contributed by atoms with E-state index in [4.69, 9.17) is 0 Å². The molecule has 0 bridgehead atoms. The Balaban J connectivity index is 2.69. The minimum absolute atomic E-state index is 0.804. The highest BCUT2D eigenvalue weighted by Gasteiger charge is 2.10. The average Bonchev–Trinajstić information content (AvgIpc) is 2.55. The van der Waals surface area contributed by atoms with Gasteiger partial charge in [0, 0.05) is 31.8 Å². The van der Waals surface area contributed by atoms with Gasteiger partial charge >= 0.3 is 0 Å². The van der Waals surface area contributed by atoms with E-state index in [-0.39, 0.29) is 0 Å². The monoisotopic (exact) mass is 185 g/mol. The summed E-state index contributed by atoms with van der Waals surface area (Å²) in [7, 11) is 1.91. The number of hydrogen-bond acceptors (Lipinski definition) is 4. The van der Waals surface area contributed by atoms with Crippen molar-refractivity contribution in [2.45, 2.75) is 0 Å². The van der Waals surface area contributed by atoms with E-state index < -0.39 is 0 Å². The molecule has 0 aliphatic carbocycles. The van der Waals surface area contributed by atoms with Gasteiger partial charge < -0.3 is 4.57 Å². The summed E-state index contributed by atoms with van der Waals surface area (Å²) in [5, 5.41) is 0. The van der Waals surface area contributed by atoms with Crippen molar-refractivity contribution in [2.24, 2.45) is 7.05 Å². The molecule has 0 N–H and O–H groups in total. The quantitative estimate of drug-likeness (QED) is 0.522. The summed E-state index contributed by atoms with van der Waals surface area (Å²) in [6.07, 6.45) is 6.66. The summed E-state index contributed by atoms with van der Waals surface area (Å²) in [5.41, 5.74) is 3.23. The van der Waals surface area contributed by atoms with Crippen LogP contribution in [0.4, 0.5) is 0 Å². The molecule has 3 heterocycles. The Bertz CT molecular complexity index is 559. The second-order valence-electron chi connectivity index (χ2n) is 3.02. The molecule has 0 unspecified atom stereocenters. The first-order valence-corrected chi connectivity index (χ1v) is 4.24. The normalized spacial score (nSPS) is 11.2. The predicted molar refractivity (Wildman–Crippen MR) is 51.6 cm³/mol. The molecular formula is C9H7N5.